The number of ether oxygens (including phenoxy) is 2. The summed E-state index contributed by atoms with van der Waals surface area (Å²) >= 11 is 0. The first-order valence-electron chi connectivity index (χ1n) is 14.4. The third-order valence-electron chi connectivity index (χ3n) is 9.55. The van der Waals surface area contributed by atoms with Gasteiger partial charge in [0.1, 0.15) is 23.1 Å². The molecule has 0 bridgehead atoms. The number of nitriles is 2. The third-order valence-corrected chi connectivity index (χ3v) is 9.55. The fourth-order valence-corrected chi connectivity index (χ4v) is 7.65. The van der Waals surface area contributed by atoms with Crippen molar-refractivity contribution >= 4 is 0 Å². The summed E-state index contributed by atoms with van der Waals surface area (Å²) in [5, 5.41) is 43.6. The largest absolute Gasteiger partial charge is 0.481 e. The maximum absolute atomic E-state index is 13.9. The van der Waals surface area contributed by atoms with Crippen LogP contribution in [0, 0.1) is 34.5 Å². The molecule has 1 saturated carbocycles. The number of methoxy groups -OCH3 is 1. The van der Waals surface area contributed by atoms with Crippen molar-refractivity contribution in [2.75, 3.05) is 33.4 Å². The minimum atomic E-state index is -2.69. The van der Waals surface area contributed by atoms with E-state index < -0.39 is 34.9 Å². The van der Waals surface area contributed by atoms with E-state index in [4.69, 9.17) is 9.47 Å². The quantitative estimate of drug-likeness (QED) is 0.416. The molecule has 2 aromatic carbocycles. The molecule has 6 rings (SSSR count). The Bertz CT molecular complexity index is 1580. The zero-order valence-corrected chi connectivity index (χ0v) is 23.7. The van der Waals surface area contributed by atoms with Gasteiger partial charge in [0.05, 0.1) is 24.3 Å². The lowest BCUT2D eigenvalue weighted by molar-refractivity contribution is -0.132. The molecule has 3 aromatic rings. The van der Waals surface area contributed by atoms with Crippen molar-refractivity contribution in [3.8, 4) is 23.8 Å². The fraction of sp³-hybridized carbons (Fsp3) is 0.424. The number of likely N-dealkylation sites (tertiary alicyclic amines) is 1. The van der Waals surface area contributed by atoms with Crippen LogP contribution >= 0.6 is 0 Å². The summed E-state index contributed by atoms with van der Waals surface area (Å²) in [6, 6.07) is 22.0. The van der Waals surface area contributed by atoms with Gasteiger partial charge in [0.2, 0.25) is 5.88 Å². The topological polar surface area (TPSA) is 123 Å². The monoisotopic (exact) mass is 586 g/mol. The lowest BCUT2D eigenvalue weighted by atomic mass is 9.69. The molecule has 3 aliphatic rings. The number of nitrogens with zero attached hydrogens (tertiary/aromatic N) is 4. The van der Waals surface area contributed by atoms with Gasteiger partial charge in [-0.2, -0.15) is 10.5 Å². The van der Waals surface area contributed by atoms with E-state index >= 15 is 0 Å². The van der Waals surface area contributed by atoms with Gasteiger partial charge in [0.25, 0.3) is 5.92 Å². The highest BCUT2D eigenvalue weighted by Crippen LogP contribution is 2.72. The van der Waals surface area contributed by atoms with E-state index in [0.717, 1.165) is 5.56 Å². The number of benzene rings is 2. The van der Waals surface area contributed by atoms with Gasteiger partial charge in [-0.15, -0.1) is 0 Å². The molecular weight excluding hydrogens is 554 g/mol. The number of rotatable bonds is 7. The van der Waals surface area contributed by atoms with Crippen LogP contribution in [0.5, 0.6) is 11.6 Å². The second-order valence-corrected chi connectivity index (χ2v) is 11.6. The Labute approximate surface area is 248 Å². The number of fused-ring (bicyclic) bond motifs is 3. The zero-order valence-electron chi connectivity index (χ0n) is 23.7. The summed E-state index contributed by atoms with van der Waals surface area (Å²) in [6.07, 6.45) is -0.0950. The molecule has 3 heterocycles. The number of aromatic nitrogens is 1. The third kappa shape index (κ3) is 4.44. The average Bonchev–Trinajstić information content (AvgIpc) is 3.41. The predicted octanol–water partition coefficient (Wildman–Crippen LogP) is 4.45. The molecule has 2 fully saturated rings. The van der Waals surface area contributed by atoms with Gasteiger partial charge in [0, 0.05) is 50.4 Å². The molecule has 5 atom stereocenters. The van der Waals surface area contributed by atoms with Gasteiger partial charge >= 0.3 is 0 Å². The minimum Gasteiger partial charge on any atom is -0.481 e. The maximum atomic E-state index is 13.9. The van der Waals surface area contributed by atoms with Gasteiger partial charge in [-0.05, 0) is 42.1 Å². The summed E-state index contributed by atoms with van der Waals surface area (Å²) in [6.45, 7) is 0.599. The van der Waals surface area contributed by atoms with E-state index in [1.54, 1.807) is 24.3 Å². The Kier molecular flexibility index (Phi) is 7.34. The highest BCUT2D eigenvalue weighted by atomic mass is 19.3. The van der Waals surface area contributed by atoms with E-state index in [2.05, 4.69) is 11.1 Å². The van der Waals surface area contributed by atoms with Crippen LogP contribution in [0.15, 0.2) is 60.7 Å². The molecule has 8 nitrogen and oxygen atoms in total. The summed E-state index contributed by atoms with van der Waals surface area (Å²) < 4.78 is 40.4. The second-order valence-electron chi connectivity index (χ2n) is 11.6. The average molecular weight is 587 g/mol. The number of piperidine rings is 1. The van der Waals surface area contributed by atoms with E-state index in [0.29, 0.717) is 24.1 Å². The number of alkyl halides is 2. The summed E-state index contributed by atoms with van der Waals surface area (Å²) in [4.78, 5) is 6.34. The Morgan fingerprint density at radius 2 is 1.77 bits per heavy atom. The molecule has 1 saturated heterocycles. The van der Waals surface area contributed by atoms with Gasteiger partial charge < -0.3 is 24.6 Å². The Hall–Kier alpha value is -4.09. The summed E-state index contributed by atoms with van der Waals surface area (Å²) in [5.41, 5.74) is -1.17. The number of hydrogen-bond acceptors (Lipinski definition) is 8. The minimum absolute atomic E-state index is 0.0417. The first-order valence-corrected chi connectivity index (χ1v) is 14.4. The number of hydrogen-bond donors (Lipinski definition) is 2. The predicted molar refractivity (Wildman–Crippen MR) is 151 cm³/mol. The van der Waals surface area contributed by atoms with E-state index in [9.17, 15) is 29.5 Å². The first-order chi connectivity index (χ1) is 20.7. The van der Waals surface area contributed by atoms with Crippen LogP contribution < -0.4 is 9.47 Å². The molecule has 43 heavy (non-hydrogen) atoms. The molecule has 0 unspecified atom stereocenters. The molecule has 2 N–H and O–H groups in total. The lowest BCUT2D eigenvalue weighted by Crippen LogP contribution is -2.51. The molecule has 10 heteroatoms. The highest BCUT2D eigenvalue weighted by molar-refractivity contribution is 5.60. The molecule has 0 spiro atoms. The van der Waals surface area contributed by atoms with Crippen molar-refractivity contribution in [2.45, 2.75) is 42.3 Å². The molecule has 2 aliphatic heterocycles. The normalized spacial score (nSPS) is 29.1. The first kappa shape index (κ1) is 29.0. The molecule has 0 amide bonds. The van der Waals surface area contributed by atoms with Crippen LogP contribution in [0.2, 0.25) is 0 Å². The van der Waals surface area contributed by atoms with Crippen LogP contribution in [-0.4, -0.2) is 59.4 Å². The smallest absolute Gasteiger partial charge is 0.250 e. The van der Waals surface area contributed by atoms with Crippen LogP contribution in [0.4, 0.5) is 8.78 Å². The lowest BCUT2D eigenvalue weighted by Gasteiger charge is -2.42. The Morgan fingerprint density at radius 1 is 1.07 bits per heavy atom. The highest BCUT2D eigenvalue weighted by Gasteiger charge is 2.76. The van der Waals surface area contributed by atoms with Crippen molar-refractivity contribution in [1.82, 2.24) is 9.88 Å². The standard InChI is InChI=1S/C33H32F2N4O4/c1-42-30-29-27(17-24(19-37)38-30)43-33(23-9-7-21(18-36)8-10-23)28(22-5-3-2-4-6-22)25(20-40)26(32(29,33)41)11-14-39-15-12-31(34,35)13-16-39/h2-10,17,25-26,28,40-41H,11-16,20H2,1H3/t25-,26-,28+,32+,33-/m0/s1. The number of pyridine rings is 1. The zero-order chi connectivity index (χ0) is 30.4. The van der Waals surface area contributed by atoms with Crippen molar-refractivity contribution in [3.63, 3.8) is 0 Å². The van der Waals surface area contributed by atoms with Crippen molar-refractivity contribution < 1.29 is 28.5 Å². The van der Waals surface area contributed by atoms with Crippen molar-refractivity contribution in [3.05, 3.63) is 88.6 Å². The van der Waals surface area contributed by atoms with E-state index in [1.807, 2.05) is 41.3 Å². The summed E-state index contributed by atoms with van der Waals surface area (Å²) in [7, 11) is 1.41. The fourth-order valence-electron chi connectivity index (χ4n) is 7.65. The van der Waals surface area contributed by atoms with E-state index in [1.165, 1.54) is 13.2 Å². The van der Waals surface area contributed by atoms with Crippen LogP contribution in [0.3, 0.4) is 0 Å². The second kappa shape index (κ2) is 10.9. The maximum Gasteiger partial charge on any atom is 0.250 e. The summed E-state index contributed by atoms with van der Waals surface area (Å²) in [5.74, 6) is -4.15. The van der Waals surface area contributed by atoms with Crippen LogP contribution in [-0.2, 0) is 11.2 Å². The van der Waals surface area contributed by atoms with Crippen LogP contribution in [0.1, 0.15) is 53.1 Å². The number of halogens is 2. The Balaban J connectivity index is 1.57. The van der Waals surface area contributed by atoms with E-state index in [-0.39, 0.29) is 55.4 Å². The Morgan fingerprint density at radius 3 is 2.37 bits per heavy atom. The van der Waals surface area contributed by atoms with Gasteiger partial charge in [-0.25, -0.2) is 13.8 Å². The molecule has 222 valence electrons. The van der Waals surface area contributed by atoms with Gasteiger partial charge in [-0.3, -0.25) is 0 Å². The van der Waals surface area contributed by atoms with Crippen molar-refractivity contribution in [1.29, 1.82) is 10.5 Å². The number of aliphatic hydroxyl groups excluding tert-OH is 1. The molecule has 1 aromatic heterocycles. The number of aliphatic hydroxyl groups is 2. The van der Waals surface area contributed by atoms with Crippen molar-refractivity contribution in [2.24, 2.45) is 11.8 Å². The molecule has 0 radical (unpaired) electrons. The SMILES string of the molecule is COc1nc(C#N)cc2c1[C@]1(O)[C@@H](CCN3CCC(F)(F)CC3)[C@H](CO)[C@@H](c3ccccc3)[C@]1(c1ccc(C#N)cc1)O2. The molecular formula is C33H32F2N4O4. The van der Waals surface area contributed by atoms with Gasteiger partial charge in [-0.1, -0.05) is 42.5 Å². The van der Waals surface area contributed by atoms with Gasteiger partial charge in [0.15, 0.2) is 5.60 Å². The molecule has 1 aliphatic carbocycles. The van der Waals surface area contributed by atoms with Crippen LogP contribution in [0.25, 0.3) is 0 Å².